The molecule has 1 atom stereocenters. The van der Waals surface area contributed by atoms with Crippen molar-refractivity contribution in [3.05, 3.63) is 45.6 Å². The van der Waals surface area contributed by atoms with Crippen LogP contribution in [0.5, 0.6) is 5.75 Å². The van der Waals surface area contributed by atoms with Crippen molar-refractivity contribution in [1.29, 1.82) is 0 Å². The van der Waals surface area contributed by atoms with Gasteiger partial charge in [-0.3, -0.25) is 4.90 Å². The maximum absolute atomic E-state index is 12.9. The van der Waals surface area contributed by atoms with Gasteiger partial charge in [-0.05, 0) is 85.4 Å². The lowest BCUT2D eigenvalue weighted by Crippen LogP contribution is -2.36. The lowest BCUT2D eigenvalue weighted by Gasteiger charge is -2.27. The van der Waals surface area contributed by atoms with Crippen LogP contribution in [-0.4, -0.2) is 40.1 Å². The molecule has 1 unspecified atom stereocenters. The van der Waals surface area contributed by atoms with Gasteiger partial charge in [-0.25, -0.2) is 13.1 Å². The summed E-state index contributed by atoms with van der Waals surface area (Å²) in [4.78, 5) is 2.66. The average Bonchev–Trinajstić information content (AvgIpc) is 3.28. The van der Waals surface area contributed by atoms with Crippen LogP contribution < -0.4 is 9.46 Å². The van der Waals surface area contributed by atoms with Crippen LogP contribution >= 0.6 is 11.3 Å². The minimum absolute atomic E-state index is 0.0824. The second-order valence-corrected chi connectivity index (χ2v) is 9.30. The molecule has 7 heteroatoms. The summed E-state index contributed by atoms with van der Waals surface area (Å²) in [5.74, 6) is 0.733. The number of nitrogens with one attached hydrogen (secondary N) is 1. The molecule has 0 spiro atoms. The summed E-state index contributed by atoms with van der Waals surface area (Å²) in [6.07, 6.45) is 2.34. The fraction of sp³-hybridized carbons (Fsp3) is 0.474. The Morgan fingerprint density at radius 2 is 1.88 bits per heavy atom. The molecule has 1 aliphatic rings. The van der Waals surface area contributed by atoms with Crippen molar-refractivity contribution in [2.24, 2.45) is 0 Å². The number of nitrogens with zero attached hydrogens (tertiary/aromatic N) is 1. The molecular weight excluding hydrogens is 368 g/mol. The van der Waals surface area contributed by atoms with Gasteiger partial charge in [0.05, 0.1) is 12.0 Å². The van der Waals surface area contributed by atoms with Crippen molar-refractivity contribution in [3.8, 4) is 5.75 Å². The van der Waals surface area contributed by atoms with E-state index in [1.807, 2.05) is 19.2 Å². The normalized spacial score (nSPS) is 16.7. The van der Waals surface area contributed by atoms with E-state index in [0.717, 1.165) is 30.0 Å². The Kier molecular flexibility index (Phi) is 6.02. The summed E-state index contributed by atoms with van der Waals surface area (Å²) >= 11 is 1.65. The van der Waals surface area contributed by atoms with E-state index in [0.29, 0.717) is 11.4 Å². The fourth-order valence-corrected chi connectivity index (χ4v) is 5.55. The van der Waals surface area contributed by atoms with Crippen molar-refractivity contribution in [2.75, 3.05) is 26.7 Å². The first-order valence-corrected chi connectivity index (χ1v) is 11.3. The molecule has 1 fully saturated rings. The maximum atomic E-state index is 12.9. The molecule has 0 aliphatic carbocycles. The molecule has 3 rings (SSSR count). The van der Waals surface area contributed by atoms with Crippen LogP contribution in [0.1, 0.15) is 35.6 Å². The number of rotatable bonds is 7. The third-order valence-corrected chi connectivity index (χ3v) is 7.03. The van der Waals surface area contributed by atoms with Gasteiger partial charge in [0.2, 0.25) is 10.0 Å². The number of hydrogen-bond donors (Lipinski definition) is 1. The highest BCUT2D eigenvalue weighted by Gasteiger charge is 2.26. The molecule has 5 nitrogen and oxygen atoms in total. The molecule has 0 saturated carbocycles. The Morgan fingerprint density at radius 1 is 1.23 bits per heavy atom. The summed E-state index contributed by atoms with van der Waals surface area (Å²) in [6, 6.07) is 5.51. The summed E-state index contributed by atoms with van der Waals surface area (Å²) in [5, 5.41) is 4.15. The van der Waals surface area contributed by atoms with E-state index >= 15 is 0 Å². The van der Waals surface area contributed by atoms with E-state index in [9.17, 15) is 8.42 Å². The molecule has 1 aromatic heterocycles. The SMILES string of the molecule is COc1c(C)cc(S(=O)(=O)NCC(c2ccsc2)N2CCCC2)cc1C. The monoisotopic (exact) mass is 394 g/mol. The van der Waals surface area contributed by atoms with E-state index < -0.39 is 10.0 Å². The smallest absolute Gasteiger partial charge is 0.240 e. The zero-order valence-corrected chi connectivity index (χ0v) is 17.1. The van der Waals surface area contributed by atoms with Crippen molar-refractivity contribution in [2.45, 2.75) is 37.6 Å². The summed E-state index contributed by atoms with van der Waals surface area (Å²) in [5.41, 5.74) is 2.82. The maximum Gasteiger partial charge on any atom is 0.240 e. The molecule has 142 valence electrons. The van der Waals surface area contributed by atoms with Crippen molar-refractivity contribution >= 4 is 21.4 Å². The largest absolute Gasteiger partial charge is 0.496 e. The van der Waals surface area contributed by atoms with Gasteiger partial charge in [-0.2, -0.15) is 11.3 Å². The van der Waals surface area contributed by atoms with Crippen LogP contribution in [0.25, 0.3) is 0 Å². The zero-order valence-electron chi connectivity index (χ0n) is 15.5. The Bertz CT molecular complexity index is 819. The lowest BCUT2D eigenvalue weighted by atomic mass is 10.1. The number of methoxy groups -OCH3 is 1. The molecule has 1 aliphatic heterocycles. The van der Waals surface area contributed by atoms with E-state index in [1.165, 1.54) is 18.4 Å². The minimum Gasteiger partial charge on any atom is -0.496 e. The van der Waals surface area contributed by atoms with Gasteiger partial charge >= 0.3 is 0 Å². The first-order chi connectivity index (χ1) is 12.4. The number of aryl methyl sites for hydroxylation is 2. The van der Waals surface area contributed by atoms with E-state index in [2.05, 4.69) is 21.1 Å². The second-order valence-electron chi connectivity index (χ2n) is 6.76. The van der Waals surface area contributed by atoms with Crippen molar-refractivity contribution in [1.82, 2.24) is 9.62 Å². The summed E-state index contributed by atoms with van der Waals surface area (Å²) in [7, 11) is -1.97. The third-order valence-electron chi connectivity index (χ3n) is 4.92. The quantitative estimate of drug-likeness (QED) is 0.781. The number of thiophene rings is 1. The van der Waals surface area contributed by atoms with Crippen LogP contribution in [0.15, 0.2) is 33.9 Å². The summed E-state index contributed by atoms with van der Waals surface area (Å²) in [6.45, 7) is 6.14. The van der Waals surface area contributed by atoms with Gasteiger partial charge in [-0.1, -0.05) is 0 Å². The molecule has 1 aromatic carbocycles. The Balaban J connectivity index is 1.80. The Morgan fingerprint density at radius 3 is 2.42 bits per heavy atom. The van der Waals surface area contributed by atoms with Crippen molar-refractivity contribution < 1.29 is 13.2 Å². The molecule has 0 radical (unpaired) electrons. The molecule has 1 N–H and O–H groups in total. The van der Waals surface area contributed by atoms with Crippen LogP contribution in [0, 0.1) is 13.8 Å². The number of hydrogen-bond acceptors (Lipinski definition) is 5. The first-order valence-electron chi connectivity index (χ1n) is 8.83. The average molecular weight is 395 g/mol. The minimum atomic E-state index is -3.57. The molecule has 1 saturated heterocycles. The van der Waals surface area contributed by atoms with Gasteiger partial charge in [0, 0.05) is 12.6 Å². The predicted octanol–water partition coefficient (Wildman–Crippen LogP) is 3.49. The van der Waals surface area contributed by atoms with Gasteiger partial charge in [0.25, 0.3) is 0 Å². The fourth-order valence-electron chi connectivity index (χ4n) is 3.64. The molecular formula is C19H26N2O3S2. The number of benzene rings is 1. The first kappa shape index (κ1) is 19.4. The van der Waals surface area contributed by atoms with E-state index in [1.54, 1.807) is 30.6 Å². The van der Waals surface area contributed by atoms with Crippen LogP contribution in [0.4, 0.5) is 0 Å². The predicted molar refractivity (Wildman–Crippen MR) is 106 cm³/mol. The topological polar surface area (TPSA) is 58.6 Å². The third kappa shape index (κ3) is 4.11. The second kappa shape index (κ2) is 8.08. The zero-order chi connectivity index (χ0) is 18.7. The van der Waals surface area contributed by atoms with Crippen LogP contribution in [0.3, 0.4) is 0 Å². The van der Waals surface area contributed by atoms with Crippen molar-refractivity contribution in [3.63, 3.8) is 0 Å². The van der Waals surface area contributed by atoms with Gasteiger partial charge in [-0.15, -0.1) is 0 Å². The highest BCUT2D eigenvalue weighted by Crippen LogP contribution is 2.28. The molecule has 26 heavy (non-hydrogen) atoms. The van der Waals surface area contributed by atoms with Crippen LogP contribution in [-0.2, 0) is 10.0 Å². The standard InChI is InChI=1S/C19H26N2O3S2/c1-14-10-17(11-15(2)19(14)24-3)26(22,23)20-12-18(16-6-9-25-13-16)21-7-4-5-8-21/h6,9-11,13,18,20H,4-5,7-8,12H2,1-3H3. The summed E-state index contributed by atoms with van der Waals surface area (Å²) < 4.78 is 33.9. The molecule has 0 bridgehead atoms. The molecule has 2 aromatic rings. The number of likely N-dealkylation sites (tertiary alicyclic amines) is 1. The molecule has 2 heterocycles. The van der Waals surface area contributed by atoms with Crippen LogP contribution in [0.2, 0.25) is 0 Å². The number of ether oxygens (including phenoxy) is 1. The lowest BCUT2D eigenvalue weighted by molar-refractivity contribution is 0.247. The van der Waals surface area contributed by atoms with Gasteiger partial charge < -0.3 is 4.74 Å². The molecule has 0 amide bonds. The highest BCUT2D eigenvalue weighted by molar-refractivity contribution is 7.89. The van der Waals surface area contributed by atoms with E-state index in [-0.39, 0.29) is 6.04 Å². The Hall–Kier alpha value is -1.41. The Labute approximate surface area is 160 Å². The van der Waals surface area contributed by atoms with Gasteiger partial charge in [0.15, 0.2) is 0 Å². The highest BCUT2D eigenvalue weighted by atomic mass is 32.2. The number of sulfonamides is 1. The van der Waals surface area contributed by atoms with Gasteiger partial charge in [0.1, 0.15) is 5.75 Å². The van der Waals surface area contributed by atoms with E-state index in [4.69, 9.17) is 4.74 Å².